The number of amides is 2. The minimum absolute atomic E-state index is 0.0211. The van der Waals surface area contributed by atoms with Crippen LogP contribution in [0.25, 0.3) is 0 Å². The van der Waals surface area contributed by atoms with E-state index < -0.39 is 0 Å². The minimum atomic E-state index is -0.0211. The average Bonchev–Trinajstić information content (AvgIpc) is 2.95. The summed E-state index contributed by atoms with van der Waals surface area (Å²) >= 11 is 6.03. The second-order valence-electron chi connectivity index (χ2n) is 12.6. The zero-order valence-electron chi connectivity index (χ0n) is 23.1. The Labute approximate surface area is 239 Å². The molecule has 6 heteroatoms. The first-order chi connectivity index (χ1) is 19.1. The summed E-state index contributed by atoms with van der Waals surface area (Å²) in [5.41, 5.74) is 2.13. The smallest absolute Gasteiger partial charge is 0.321 e. The molecule has 2 aromatic rings. The van der Waals surface area contributed by atoms with Crippen molar-refractivity contribution in [2.24, 2.45) is 11.8 Å². The van der Waals surface area contributed by atoms with Crippen molar-refractivity contribution in [2.75, 3.05) is 18.4 Å². The molecule has 2 bridgehead atoms. The Balaban J connectivity index is 0.943. The second-order valence-corrected chi connectivity index (χ2v) is 13.1. The van der Waals surface area contributed by atoms with Gasteiger partial charge in [-0.3, -0.25) is 0 Å². The van der Waals surface area contributed by atoms with Crippen LogP contribution in [0.4, 0.5) is 10.5 Å². The maximum atomic E-state index is 12.9. The van der Waals surface area contributed by atoms with Gasteiger partial charge in [0.05, 0.1) is 0 Å². The topological polar surface area (TPSA) is 53.6 Å². The molecule has 0 aromatic heterocycles. The molecule has 39 heavy (non-hydrogen) atoms. The van der Waals surface area contributed by atoms with Crippen molar-refractivity contribution in [3.8, 4) is 5.75 Å². The fourth-order valence-electron chi connectivity index (χ4n) is 7.78. The molecule has 0 radical (unpaired) electrons. The van der Waals surface area contributed by atoms with Crippen molar-refractivity contribution in [1.82, 2.24) is 10.2 Å². The molecular weight excluding hydrogens is 506 g/mol. The SMILES string of the molecule is O=C(Nc1ccc(O[C@H]2C[C@H]3CC(CC4CCCCC4)C[C@@H](C2)N3)cc1)N1CCC(c2ccc(Cl)cc2)CC1. The number of carbonyl (C=O) groups excluding carboxylic acids is 1. The summed E-state index contributed by atoms with van der Waals surface area (Å²) in [4.78, 5) is 14.8. The van der Waals surface area contributed by atoms with E-state index in [1.807, 2.05) is 41.3 Å². The van der Waals surface area contributed by atoms with Crippen molar-refractivity contribution in [3.05, 3.63) is 59.1 Å². The van der Waals surface area contributed by atoms with Crippen molar-refractivity contribution in [2.45, 2.75) is 101 Å². The Hall–Kier alpha value is -2.24. The molecule has 210 valence electrons. The lowest BCUT2D eigenvalue weighted by Crippen LogP contribution is -2.54. The van der Waals surface area contributed by atoms with Crippen molar-refractivity contribution in [1.29, 1.82) is 0 Å². The number of halogens is 1. The number of piperidine rings is 3. The molecule has 6 rings (SSSR count). The second kappa shape index (κ2) is 12.5. The first kappa shape index (κ1) is 27.0. The van der Waals surface area contributed by atoms with E-state index in [1.54, 1.807) is 0 Å². The molecule has 3 saturated heterocycles. The van der Waals surface area contributed by atoms with Gasteiger partial charge in [-0.2, -0.15) is 0 Å². The number of hydrogen-bond donors (Lipinski definition) is 2. The normalized spacial score (nSPS) is 28.2. The number of ether oxygens (including phenoxy) is 1. The summed E-state index contributed by atoms with van der Waals surface area (Å²) in [6.45, 7) is 1.53. The first-order valence-corrected chi connectivity index (χ1v) is 15.8. The summed E-state index contributed by atoms with van der Waals surface area (Å²) in [6.07, 6.45) is 15.8. The molecule has 2 amide bonds. The number of carbonyl (C=O) groups is 1. The van der Waals surface area contributed by atoms with Crippen LogP contribution in [-0.4, -0.2) is 42.2 Å². The zero-order valence-corrected chi connectivity index (χ0v) is 23.9. The summed E-state index contributed by atoms with van der Waals surface area (Å²) in [5, 5.41) is 7.72. The van der Waals surface area contributed by atoms with Crippen LogP contribution >= 0.6 is 11.6 Å². The van der Waals surface area contributed by atoms with Crippen molar-refractivity contribution in [3.63, 3.8) is 0 Å². The number of likely N-dealkylation sites (tertiary alicyclic amines) is 1. The van der Waals surface area contributed by atoms with Crippen molar-refractivity contribution >= 4 is 23.3 Å². The Bertz CT molecular complexity index is 1060. The van der Waals surface area contributed by atoms with E-state index in [2.05, 4.69) is 22.8 Å². The summed E-state index contributed by atoms with van der Waals surface area (Å²) in [5.74, 6) is 3.27. The summed E-state index contributed by atoms with van der Waals surface area (Å²) < 4.78 is 6.44. The fourth-order valence-corrected chi connectivity index (χ4v) is 7.90. The van der Waals surface area contributed by atoms with Crippen molar-refractivity contribution < 1.29 is 9.53 Å². The lowest BCUT2D eigenvalue weighted by Gasteiger charge is -2.44. The van der Waals surface area contributed by atoms with Gasteiger partial charge in [-0.05, 0) is 105 Å². The van der Waals surface area contributed by atoms with Gasteiger partial charge in [-0.15, -0.1) is 0 Å². The van der Waals surface area contributed by atoms with Crippen LogP contribution in [0.5, 0.6) is 5.75 Å². The molecule has 0 spiro atoms. The minimum Gasteiger partial charge on any atom is -0.490 e. The molecular formula is C33H44ClN3O2. The number of nitrogens with one attached hydrogen (secondary N) is 2. The molecule has 2 N–H and O–H groups in total. The van der Waals surface area contributed by atoms with Gasteiger partial charge < -0.3 is 20.3 Å². The maximum Gasteiger partial charge on any atom is 0.321 e. The molecule has 1 unspecified atom stereocenters. The van der Waals surface area contributed by atoms with Gasteiger partial charge in [-0.1, -0.05) is 55.8 Å². The molecule has 4 atom stereocenters. The molecule has 4 aliphatic rings. The molecule has 4 fully saturated rings. The molecule has 1 aliphatic carbocycles. The molecule has 5 nitrogen and oxygen atoms in total. The van der Waals surface area contributed by atoms with Crippen LogP contribution in [0, 0.1) is 11.8 Å². The van der Waals surface area contributed by atoms with Gasteiger partial charge in [0.25, 0.3) is 0 Å². The average molecular weight is 550 g/mol. The maximum absolute atomic E-state index is 12.9. The van der Waals surface area contributed by atoms with Gasteiger partial charge in [0.2, 0.25) is 0 Å². The third-order valence-corrected chi connectivity index (χ3v) is 9.98. The van der Waals surface area contributed by atoms with E-state index in [0.717, 1.165) is 67.1 Å². The Morgan fingerprint density at radius 2 is 1.51 bits per heavy atom. The van der Waals surface area contributed by atoms with Gasteiger partial charge in [0, 0.05) is 35.9 Å². The molecule has 2 aromatic carbocycles. The van der Waals surface area contributed by atoms with Crippen LogP contribution in [0.1, 0.15) is 88.5 Å². The largest absolute Gasteiger partial charge is 0.490 e. The number of urea groups is 1. The monoisotopic (exact) mass is 549 g/mol. The van der Waals surface area contributed by atoms with Gasteiger partial charge in [0.1, 0.15) is 11.9 Å². The van der Waals surface area contributed by atoms with Gasteiger partial charge >= 0.3 is 6.03 Å². The number of anilines is 1. The predicted molar refractivity (Wildman–Crippen MR) is 159 cm³/mol. The highest BCUT2D eigenvalue weighted by Gasteiger charge is 2.37. The van der Waals surface area contributed by atoms with Crippen LogP contribution in [0.3, 0.4) is 0 Å². The lowest BCUT2D eigenvalue weighted by atomic mass is 9.73. The number of nitrogens with zero attached hydrogens (tertiary/aromatic N) is 1. The number of rotatable bonds is 6. The highest BCUT2D eigenvalue weighted by molar-refractivity contribution is 6.30. The van der Waals surface area contributed by atoms with Crippen LogP contribution in [-0.2, 0) is 0 Å². The molecule has 1 saturated carbocycles. The lowest BCUT2D eigenvalue weighted by molar-refractivity contribution is 0.0666. The highest BCUT2D eigenvalue weighted by atomic mass is 35.5. The third kappa shape index (κ3) is 7.10. The predicted octanol–water partition coefficient (Wildman–Crippen LogP) is 8.00. The van der Waals surface area contributed by atoms with E-state index in [0.29, 0.717) is 18.0 Å². The van der Waals surface area contributed by atoms with E-state index in [1.165, 1.54) is 56.9 Å². The number of hydrogen-bond acceptors (Lipinski definition) is 3. The van der Waals surface area contributed by atoms with Crippen LogP contribution in [0.2, 0.25) is 5.02 Å². The van der Waals surface area contributed by atoms with Crippen LogP contribution in [0.15, 0.2) is 48.5 Å². The quantitative estimate of drug-likeness (QED) is 0.384. The Morgan fingerprint density at radius 1 is 0.846 bits per heavy atom. The van der Waals surface area contributed by atoms with E-state index in [4.69, 9.17) is 16.3 Å². The van der Waals surface area contributed by atoms with E-state index in [9.17, 15) is 4.79 Å². The van der Waals surface area contributed by atoms with E-state index in [-0.39, 0.29) is 12.1 Å². The molecule has 3 aliphatic heterocycles. The number of benzene rings is 2. The zero-order chi connectivity index (χ0) is 26.6. The van der Waals surface area contributed by atoms with Gasteiger partial charge in [0.15, 0.2) is 0 Å². The fraction of sp³-hybridized carbons (Fsp3) is 0.606. The van der Waals surface area contributed by atoms with Gasteiger partial charge in [-0.25, -0.2) is 4.79 Å². The highest BCUT2D eigenvalue weighted by Crippen LogP contribution is 2.38. The Morgan fingerprint density at radius 3 is 2.18 bits per heavy atom. The van der Waals surface area contributed by atoms with E-state index >= 15 is 0 Å². The first-order valence-electron chi connectivity index (χ1n) is 15.4. The third-order valence-electron chi connectivity index (χ3n) is 9.73. The standard InChI is InChI=1S/C33H44ClN3O2/c34-27-8-6-25(7-9-27)26-14-16-37(17-15-26)33(38)36-28-10-12-31(13-11-28)39-32-21-29-19-24(20-30(22-32)35-29)18-23-4-2-1-3-5-23/h6-13,23-24,26,29-30,32,35H,1-5,14-22H2,(H,36,38)/t24?,29-,30+,32+. The number of fused-ring (bicyclic) bond motifs is 2. The van der Waals surface area contributed by atoms with Crippen LogP contribution < -0.4 is 15.4 Å². The summed E-state index contributed by atoms with van der Waals surface area (Å²) in [7, 11) is 0. The summed E-state index contributed by atoms with van der Waals surface area (Å²) in [6, 6.07) is 17.2. The molecule has 3 heterocycles. The Kier molecular flexibility index (Phi) is 8.65.